The van der Waals surface area contributed by atoms with E-state index in [-0.39, 0.29) is 6.71 Å². The molecule has 4 unspecified atom stereocenters. The van der Waals surface area contributed by atoms with Gasteiger partial charge in [0.1, 0.15) is 11.5 Å². The predicted molar refractivity (Wildman–Crippen MR) is 276 cm³/mol. The molecular weight excluding hydrogens is 767 g/mol. The van der Waals surface area contributed by atoms with Crippen LogP contribution in [-0.4, -0.2) is 15.8 Å². The number of rotatable bonds is 2. The molecule has 2 aliphatic heterocycles. The van der Waals surface area contributed by atoms with Crippen molar-refractivity contribution >= 4 is 59.6 Å². The van der Waals surface area contributed by atoms with Gasteiger partial charge in [0.2, 0.25) is 0 Å². The van der Waals surface area contributed by atoms with Gasteiger partial charge in [-0.1, -0.05) is 168 Å². The van der Waals surface area contributed by atoms with E-state index >= 15 is 0 Å². The average Bonchev–Trinajstić information content (AvgIpc) is 4.30. The van der Waals surface area contributed by atoms with Crippen LogP contribution in [0.4, 0.5) is 0 Å². The van der Waals surface area contributed by atoms with E-state index in [0.29, 0.717) is 23.7 Å². The van der Waals surface area contributed by atoms with Crippen LogP contribution in [0, 0.1) is 11.8 Å². The summed E-state index contributed by atoms with van der Waals surface area (Å²) in [6, 6.07) is 19.6. The molecule has 0 saturated heterocycles. The SMILES string of the molecule is C1=Cc2c3c(n(-c4cc(-n5c6c(c7c5C=CC5CC75)C=CCC=C6)c5c6c4Oc4ccccc4B6c4ccccc4O5)c2C=CC1)C=CC1CC31.CC.CC.CC.CC.CC.CC. The highest BCUT2D eigenvalue weighted by Gasteiger charge is 2.48. The van der Waals surface area contributed by atoms with Crippen LogP contribution in [0.15, 0.2) is 91.1 Å². The Morgan fingerprint density at radius 2 is 0.873 bits per heavy atom. The van der Waals surface area contributed by atoms with Crippen molar-refractivity contribution in [3.8, 4) is 34.4 Å². The molecule has 6 aliphatic carbocycles. The zero-order valence-corrected chi connectivity index (χ0v) is 40.1. The lowest BCUT2D eigenvalue weighted by atomic mass is 9.34. The van der Waals surface area contributed by atoms with Crippen molar-refractivity contribution in [3.63, 3.8) is 0 Å². The summed E-state index contributed by atoms with van der Waals surface area (Å²) in [5.41, 5.74) is 16.4. The third-order valence-corrected chi connectivity index (χ3v) is 12.6. The number of hydrogen-bond acceptors (Lipinski definition) is 2. The van der Waals surface area contributed by atoms with E-state index in [1.165, 1.54) is 68.8 Å². The summed E-state index contributed by atoms with van der Waals surface area (Å²) in [5.74, 6) is 6.05. The van der Waals surface area contributed by atoms with Crippen LogP contribution < -0.4 is 25.9 Å². The second-order valence-electron chi connectivity index (χ2n) is 15.4. The Labute approximate surface area is 379 Å². The summed E-state index contributed by atoms with van der Waals surface area (Å²) >= 11 is 0. The van der Waals surface area contributed by atoms with Crippen molar-refractivity contribution in [2.24, 2.45) is 11.8 Å². The fourth-order valence-corrected chi connectivity index (χ4v) is 10.2. The van der Waals surface area contributed by atoms with E-state index in [1.807, 2.05) is 83.1 Å². The Kier molecular flexibility index (Phi) is 14.2. The number of benzene rings is 3. The smallest absolute Gasteiger partial charge is 0.260 e. The minimum atomic E-state index is -0.0313. The zero-order valence-electron chi connectivity index (χ0n) is 40.1. The van der Waals surface area contributed by atoms with Gasteiger partial charge in [0.25, 0.3) is 6.71 Å². The monoisotopic (exact) mass is 837 g/mol. The molecule has 0 amide bonds. The van der Waals surface area contributed by atoms with Crippen LogP contribution in [0.25, 0.3) is 47.8 Å². The molecule has 4 atom stereocenters. The van der Waals surface area contributed by atoms with Crippen LogP contribution in [0.1, 0.15) is 166 Å². The third kappa shape index (κ3) is 7.36. The van der Waals surface area contributed by atoms with Crippen LogP contribution in [0.5, 0.6) is 23.0 Å². The summed E-state index contributed by atoms with van der Waals surface area (Å²) in [4.78, 5) is 0. The highest BCUT2D eigenvalue weighted by molar-refractivity contribution is 6.98. The Hall–Kier alpha value is -5.68. The molecule has 3 aromatic carbocycles. The molecule has 0 spiro atoms. The second-order valence-corrected chi connectivity index (χ2v) is 15.4. The summed E-state index contributed by atoms with van der Waals surface area (Å²) in [6.07, 6.45) is 32.7. The van der Waals surface area contributed by atoms with Gasteiger partial charge in [0, 0.05) is 16.6 Å². The standard InChI is InChI=1S/C46H33BN2O2.6C2H6/c1-3-11-28-34(15-5-1)48(36-21-19-26-23-30(26)42(28)36)38-25-39(49-35-16-6-2-4-12-29(35)43-31-24-27(31)20-22-37(43)49)46-44-45(38)50-40-17-9-7-13-32(40)47(44)33-14-8-10-18-41(33)51-46;6*1-2/h3-22,25-27,30-31H,1-2,23-24H2;6*1-2H3. The average molecular weight is 837 g/mol. The fourth-order valence-electron chi connectivity index (χ4n) is 10.2. The number of aromatic nitrogens is 2. The van der Waals surface area contributed by atoms with Crippen molar-refractivity contribution in [3.05, 3.63) is 136 Å². The van der Waals surface area contributed by atoms with Crippen molar-refractivity contribution < 1.29 is 9.47 Å². The molecule has 2 saturated carbocycles. The normalized spacial score (nSPS) is 19.7. The number of para-hydroxylation sites is 2. The maximum atomic E-state index is 7.17. The summed E-state index contributed by atoms with van der Waals surface area (Å²) in [7, 11) is 0. The van der Waals surface area contributed by atoms with Crippen molar-refractivity contribution in [2.75, 3.05) is 0 Å². The third-order valence-electron chi connectivity index (χ3n) is 12.6. The lowest BCUT2D eigenvalue weighted by Gasteiger charge is -2.36. The molecule has 2 fully saturated rings. The second kappa shape index (κ2) is 19.8. The molecule has 8 aliphatic rings. The summed E-state index contributed by atoms with van der Waals surface area (Å²) < 4.78 is 19.4. The van der Waals surface area contributed by atoms with Crippen LogP contribution in [0.2, 0.25) is 0 Å². The lowest BCUT2D eigenvalue weighted by molar-refractivity contribution is 0.461. The molecule has 5 aromatic rings. The molecule has 13 rings (SSSR count). The van der Waals surface area contributed by atoms with Gasteiger partial charge >= 0.3 is 0 Å². The van der Waals surface area contributed by atoms with E-state index in [1.54, 1.807) is 0 Å². The molecule has 63 heavy (non-hydrogen) atoms. The fraction of sp³-hybridized carbons (Fsp3) is 0.345. The first-order chi connectivity index (χ1) is 31.3. The Balaban J connectivity index is 0.000000461. The van der Waals surface area contributed by atoms with Gasteiger partial charge in [-0.25, -0.2) is 0 Å². The largest absolute Gasteiger partial charge is 0.456 e. The molecule has 4 heterocycles. The minimum Gasteiger partial charge on any atom is -0.456 e. The molecule has 4 nitrogen and oxygen atoms in total. The molecule has 326 valence electrons. The first-order valence-corrected chi connectivity index (χ1v) is 24.7. The van der Waals surface area contributed by atoms with Gasteiger partial charge in [-0.2, -0.15) is 0 Å². The highest BCUT2D eigenvalue weighted by atomic mass is 16.5. The zero-order chi connectivity index (χ0) is 44.9. The summed E-state index contributed by atoms with van der Waals surface area (Å²) in [5, 5.41) is 0. The molecule has 0 radical (unpaired) electrons. The first-order valence-electron chi connectivity index (χ1n) is 24.7. The Morgan fingerprint density at radius 1 is 0.476 bits per heavy atom. The molecular formula is C58H69BN2O2. The maximum Gasteiger partial charge on any atom is 0.260 e. The van der Waals surface area contributed by atoms with Crippen LogP contribution in [-0.2, 0) is 0 Å². The number of allylic oxidation sites excluding steroid dienone is 6. The maximum absolute atomic E-state index is 7.17. The quantitative estimate of drug-likeness (QED) is 0.162. The topological polar surface area (TPSA) is 28.3 Å². The highest BCUT2D eigenvalue weighted by Crippen LogP contribution is 2.58. The predicted octanol–water partition coefficient (Wildman–Crippen LogP) is 15.3. The van der Waals surface area contributed by atoms with Gasteiger partial charge in [-0.15, -0.1) is 0 Å². The van der Waals surface area contributed by atoms with E-state index in [0.717, 1.165) is 52.7 Å². The van der Waals surface area contributed by atoms with Crippen molar-refractivity contribution in [1.82, 2.24) is 9.13 Å². The van der Waals surface area contributed by atoms with E-state index < -0.39 is 0 Å². The summed E-state index contributed by atoms with van der Waals surface area (Å²) in [6.45, 7) is 24.0. The Morgan fingerprint density at radius 3 is 1.30 bits per heavy atom. The van der Waals surface area contributed by atoms with E-state index in [2.05, 4.69) is 137 Å². The Bertz CT molecular complexity index is 2460. The first kappa shape index (κ1) is 45.4. The van der Waals surface area contributed by atoms with E-state index in [4.69, 9.17) is 9.47 Å². The van der Waals surface area contributed by atoms with Crippen molar-refractivity contribution in [1.29, 1.82) is 0 Å². The van der Waals surface area contributed by atoms with Gasteiger partial charge in [-0.3, -0.25) is 0 Å². The van der Waals surface area contributed by atoms with Crippen LogP contribution in [0.3, 0.4) is 0 Å². The number of fused-ring (bicyclic) bond motifs is 14. The molecule has 5 heteroatoms. The number of ether oxygens (including phenoxy) is 2. The van der Waals surface area contributed by atoms with E-state index in [9.17, 15) is 0 Å². The molecule has 0 N–H and O–H groups in total. The van der Waals surface area contributed by atoms with Crippen molar-refractivity contribution in [2.45, 2.75) is 121 Å². The van der Waals surface area contributed by atoms with Crippen LogP contribution >= 0.6 is 0 Å². The molecule has 0 bridgehead atoms. The lowest BCUT2D eigenvalue weighted by Crippen LogP contribution is -2.57. The molecule has 2 aromatic heterocycles. The van der Waals surface area contributed by atoms with Gasteiger partial charge < -0.3 is 18.6 Å². The number of nitrogens with zero attached hydrogens (tertiary/aromatic N) is 2. The van der Waals surface area contributed by atoms with Gasteiger partial charge in [0.05, 0.1) is 34.2 Å². The number of hydrogen-bond donors (Lipinski definition) is 0. The van der Waals surface area contributed by atoms with Gasteiger partial charge in [-0.05, 0) is 114 Å². The van der Waals surface area contributed by atoms with Gasteiger partial charge in [0.15, 0.2) is 11.5 Å². The minimum absolute atomic E-state index is 0.0313.